The molecule has 0 radical (unpaired) electrons. The van der Waals surface area contributed by atoms with Gasteiger partial charge < -0.3 is 9.80 Å². The number of nitriles is 1. The summed E-state index contributed by atoms with van der Waals surface area (Å²) in [5, 5.41) is 9.58. The van der Waals surface area contributed by atoms with Gasteiger partial charge in [-0.05, 0) is 50.2 Å². The number of benzene rings is 2. The van der Waals surface area contributed by atoms with E-state index >= 15 is 0 Å². The van der Waals surface area contributed by atoms with Crippen molar-refractivity contribution >= 4 is 23.0 Å². The van der Waals surface area contributed by atoms with Gasteiger partial charge in [-0.3, -0.25) is 0 Å². The SMILES string of the molecule is CCN(c1ccccc1)c1ccc(C#N)c(N(CC)c2ccccc2)n1. The molecule has 4 heteroatoms. The Hall–Kier alpha value is -3.32. The van der Waals surface area contributed by atoms with E-state index in [4.69, 9.17) is 4.98 Å². The molecule has 0 unspecified atom stereocenters. The van der Waals surface area contributed by atoms with Gasteiger partial charge in [0.15, 0.2) is 5.82 Å². The van der Waals surface area contributed by atoms with Crippen molar-refractivity contribution in [2.75, 3.05) is 22.9 Å². The standard InChI is InChI=1S/C22H22N4/c1-3-25(19-11-7-5-8-12-19)21-16-15-18(17-23)22(24-21)26(4-2)20-13-9-6-10-14-20/h5-16H,3-4H2,1-2H3. The van der Waals surface area contributed by atoms with Crippen molar-refractivity contribution in [3.8, 4) is 6.07 Å². The summed E-state index contributed by atoms with van der Waals surface area (Å²) < 4.78 is 0. The molecule has 0 saturated carbocycles. The Morgan fingerprint density at radius 1 is 0.769 bits per heavy atom. The van der Waals surface area contributed by atoms with Gasteiger partial charge in [0.1, 0.15) is 11.9 Å². The van der Waals surface area contributed by atoms with Gasteiger partial charge >= 0.3 is 0 Å². The summed E-state index contributed by atoms with van der Waals surface area (Å²) in [6, 6.07) is 26.3. The second-order valence-corrected chi connectivity index (χ2v) is 5.81. The molecule has 0 aliphatic heterocycles. The molecular weight excluding hydrogens is 320 g/mol. The highest BCUT2D eigenvalue weighted by molar-refractivity contribution is 5.70. The van der Waals surface area contributed by atoms with E-state index in [1.54, 1.807) is 0 Å². The number of aromatic nitrogens is 1. The molecular formula is C22H22N4. The largest absolute Gasteiger partial charge is 0.327 e. The quantitative estimate of drug-likeness (QED) is 0.612. The zero-order valence-corrected chi connectivity index (χ0v) is 15.1. The minimum Gasteiger partial charge on any atom is -0.327 e. The lowest BCUT2D eigenvalue weighted by Gasteiger charge is -2.27. The van der Waals surface area contributed by atoms with Crippen molar-refractivity contribution in [2.45, 2.75) is 13.8 Å². The van der Waals surface area contributed by atoms with E-state index in [9.17, 15) is 5.26 Å². The second-order valence-electron chi connectivity index (χ2n) is 5.81. The van der Waals surface area contributed by atoms with Crippen molar-refractivity contribution < 1.29 is 0 Å². The van der Waals surface area contributed by atoms with Crippen LogP contribution in [0.25, 0.3) is 0 Å². The van der Waals surface area contributed by atoms with Crippen molar-refractivity contribution in [3.63, 3.8) is 0 Å². The third-order valence-corrected chi connectivity index (χ3v) is 4.28. The van der Waals surface area contributed by atoms with Crippen molar-refractivity contribution in [1.29, 1.82) is 5.26 Å². The van der Waals surface area contributed by atoms with E-state index in [0.717, 1.165) is 30.3 Å². The predicted molar refractivity (Wildman–Crippen MR) is 107 cm³/mol. The maximum atomic E-state index is 9.58. The molecule has 0 spiro atoms. The van der Waals surface area contributed by atoms with Crippen LogP contribution in [0.2, 0.25) is 0 Å². The molecule has 4 nitrogen and oxygen atoms in total. The van der Waals surface area contributed by atoms with Crippen LogP contribution in [0.15, 0.2) is 72.8 Å². The van der Waals surface area contributed by atoms with Crippen LogP contribution in [0.1, 0.15) is 19.4 Å². The van der Waals surface area contributed by atoms with Gasteiger partial charge in [0.05, 0.1) is 5.56 Å². The molecule has 0 atom stereocenters. The van der Waals surface area contributed by atoms with Crippen molar-refractivity contribution in [2.24, 2.45) is 0 Å². The van der Waals surface area contributed by atoms with E-state index < -0.39 is 0 Å². The number of anilines is 4. The van der Waals surface area contributed by atoms with Crippen LogP contribution in [0, 0.1) is 11.3 Å². The molecule has 0 bridgehead atoms. The first-order valence-electron chi connectivity index (χ1n) is 8.84. The lowest BCUT2D eigenvalue weighted by atomic mass is 10.2. The molecule has 0 N–H and O–H groups in total. The molecule has 2 aromatic carbocycles. The van der Waals surface area contributed by atoms with Gasteiger partial charge in [0.25, 0.3) is 0 Å². The van der Waals surface area contributed by atoms with Crippen LogP contribution in [0.4, 0.5) is 23.0 Å². The number of para-hydroxylation sites is 2. The Kier molecular flexibility index (Phi) is 5.50. The van der Waals surface area contributed by atoms with Gasteiger partial charge in [-0.15, -0.1) is 0 Å². The fraction of sp³-hybridized carbons (Fsp3) is 0.182. The topological polar surface area (TPSA) is 43.2 Å². The Balaban J connectivity index is 2.08. The highest BCUT2D eigenvalue weighted by Crippen LogP contribution is 2.31. The predicted octanol–water partition coefficient (Wildman–Crippen LogP) is 5.27. The first-order valence-corrected chi connectivity index (χ1v) is 8.84. The summed E-state index contributed by atoms with van der Waals surface area (Å²) in [4.78, 5) is 9.08. The Morgan fingerprint density at radius 3 is 1.81 bits per heavy atom. The summed E-state index contributed by atoms with van der Waals surface area (Å²) in [5.74, 6) is 1.52. The maximum absolute atomic E-state index is 9.58. The average Bonchev–Trinajstić information content (AvgIpc) is 2.71. The fourth-order valence-electron chi connectivity index (χ4n) is 3.03. The normalized spacial score (nSPS) is 10.2. The number of rotatable bonds is 6. The van der Waals surface area contributed by atoms with Gasteiger partial charge in [0, 0.05) is 24.5 Å². The summed E-state index contributed by atoms with van der Waals surface area (Å²) >= 11 is 0. The van der Waals surface area contributed by atoms with E-state index in [1.165, 1.54) is 0 Å². The average molecular weight is 342 g/mol. The molecule has 1 heterocycles. The van der Waals surface area contributed by atoms with Gasteiger partial charge in [-0.25, -0.2) is 4.98 Å². The molecule has 0 aliphatic carbocycles. The van der Waals surface area contributed by atoms with Crippen LogP contribution in [-0.2, 0) is 0 Å². The number of nitrogens with zero attached hydrogens (tertiary/aromatic N) is 4. The number of hydrogen-bond donors (Lipinski definition) is 0. The maximum Gasteiger partial charge on any atom is 0.153 e. The third kappa shape index (κ3) is 3.52. The highest BCUT2D eigenvalue weighted by Gasteiger charge is 2.17. The van der Waals surface area contributed by atoms with Crippen LogP contribution in [0.5, 0.6) is 0 Å². The lowest BCUT2D eigenvalue weighted by molar-refractivity contribution is 0.951. The first-order chi connectivity index (χ1) is 12.8. The number of hydrogen-bond acceptors (Lipinski definition) is 4. The zero-order valence-electron chi connectivity index (χ0n) is 15.1. The Labute approximate surface area is 155 Å². The molecule has 130 valence electrons. The van der Waals surface area contributed by atoms with Crippen molar-refractivity contribution in [1.82, 2.24) is 4.98 Å². The van der Waals surface area contributed by atoms with E-state index in [0.29, 0.717) is 11.4 Å². The molecule has 3 aromatic rings. The Bertz CT molecular complexity index is 885. The van der Waals surface area contributed by atoms with Gasteiger partial charge in [0.2, 0.25) is 0 Å². The molecule has 3 rings (SSSR count). The number of pyridine rings is 1. The fourth-order valence-corrected chi connectivity index (χ4v) is 3.03. The van der Waals surface area contributed by atoms with Crippen LogP contribution < -0.4 is 9.80 Å². The van der Waals surface area contributed by atoms with Gasteiger partial charge in [-0.2, -0.15) is 5.26 Å². The summed E-state index contributed by atoms with van der Waals surface area (Å²) in [6.45, 7) is 5.69. The second kappa shape index (κ2) is 8.17. The summed E-state index contributed by atoms with van der Waals surface area (Å²) in [6.07, 6.45) is 0. The lowest BCUT2D eigenvalue weighted by Crippen LogP contribution is -2.22. The molecule has 26 heavy (non-hydrogen) atoms. The van der Waals surface area contributed by atoms with Gasteiger partial charge in [-0.1, -0.05) is 36.4 Å². The molecule has 0 aliphatic rings. The highest BCUT2D eigenvalue weighted by atomic mass is 15.2. The van der Waals surface area contributed by atoms with Crippen LogP contribution >= 0.6 is 0 Å². The monoisotopic (exact) mass is 342 g/mol. The minimum atomic E-state index is 0.573. The zero-order chi connectivity index (χ0) is 18.4. The van der Waals surface area contributed by atoms with E-state index in [-0.39, 0.29) is 0 Å². The third-order valence-electron chi connectivity index (χ3n) is 4.28. The Morgan fingerprint density at radius 2 is 1.31 bits per heavy atom. The van der Waals surface area contributed by atoms with Crippen LogP contribution in [-0.4, -0.2) is 18.1 Å². The van der Waals surface area contributed by atoms with E-state index in [2.05, 4.69) is 41.8 Å². The summed E-state index contributed by atoms with van der Waals surface area (Å²) in [5.41, 5.74) is 2.68. The van der Waals surface area contributed by atoms with Crippen molar-refractivity contribution in [3.05, 3.63) is 78.4 Å². The summed E-state index contributed by atoms with van der Waals surface area (Å²) in [7, 11) is 0. The molecule has 0 amide bonds. The molecule has 1 aromatic heterocycles. The first kappa shape index (κ1) is 17.5. The smallest absolute Gasteiger partial charge is 0.153 e. The molecule has 0 fully saturated rings. The van der Waals surface area contributed by atoms with Crippen LogP contribution in [0.3, 0.4) is 0 Å². The minimum absolute atomic E-state index is 0.573. The molecule has 0 saturated heterocycles. The van der Waals surface area contributed by atoms with E-state index in [1.807, 2.05) is 60.7 Å².